The predicted molar refractivity (Wildman–Crippen MR) is 123 cm³/mol. The van der Waals surface area contributed by atoms with Crippen LogP contribution in [0.4, 0.5) is 0 Å². The summed E-state index contributed by atoms with van der Waals surface area (Å²) in [4.78, 5) is 19.3. The number of carbonyl (C=O) groups excluding carboxylic acids is 1. The first-order chi connectivity index (χ1) is 16.1. The van der Waals surface area contributed by atoms with E-state index in [1.807, 2.05) is 67.6 Å². The molecular formula is C25H22N6O2. The van der Waals surface area contributed by atoms with E-state index in [1.165, 1.54) is 6.33 Å². The molecule has 1 atom stereocenters. The van der Waals surface area contributed by atoms with E-state index in [0.29, 0.717) is 17.1 Å². The summed E-state index contributed by atoms with van der Waals surface area (Å²) in [5.74, 6) is 0.468. The second-order valence-electron chi connectivity index (χ2n) is 7.66. The van der Waals surface area contributed by atoms with E-state index in [2.05, 4.69) is 15.2 Å². The zero-order valence-electron chi connectivity index (χ0n) is 18.2. The fourth-order valence-electron chi connectivity index (χ4n) is 3.67. The zero-order valence-corrected chi connectivity index (χ0v) is 18.2. The van der Waals surface area contributed by atoms with E-state index in [9.17, 15) is 4.79 Å². The summed E-state index contributed by atoms with van der Waals surface area (Å²) in [7, 11) is 1.80. The van der Waals surface area contributed by atoms with Crippen LogP contribution < -0.4 is 0 Å². The van der Waals surface area contributed by atoms with E-state index >= 15 is 0 Å². The molecule has 8 heteroatoms. The van der Waals surface area contributed by atoms with Crippen molar-refractivity contribution in [3.8, 4) is 22.8 Å². The van der Waals surface area contributed by atoms with Crippen molar-refractivity contribution in [2.45, 2.75) is 13.0 Å². The molecule has 0 radical (unpaired) electrons. The molecule has 33 heavy (non-hydrogen) atoms. The molecule has 0 N–H and O–H groups in total. The summed E-state index contributed by atoms with van der Waals surface area (Å²) in [6.07, 6.45) is 4.74. The van der Waals surface area contributed by atoms with Crippen LogP contribution in [-0.2, 0) is 0 Å². The van der Waals surface area contributed by atoms with Gasteiger partial charge in [-0.1, -0.05) is 30.3 Å². The van der Waals surface area contributed by atoms with Gasteiger partial charge in [0, 0.05) is 13.1 Å². The van der Waals surface area contributed by atoms with Crippen molar-refractivity contribution in [1.29, 1.82) is 0 Å². The van der Waals surface area contributed by atoms with Gasteiger partial charge in [0.05, 0.1) is 23.7 Å². The summed E-state index contributed by atoms with van der Waals surface area (Å²) < 4.78 is 8.87. The quantitative estimate of drug-likeness (QED) is 0.389. The van der Waals surface area contributed by atoms with Crippen LogP contribution in [0.2, 0.25) is 0 Å². The maximum Gasteiger partial charge on any atom is 0.272 e. The van der Waals surface area contributed by atoms with Crippen molar-refractivity contribution < 1.29 is 9.21 Å². The number of furan rings is 1. The summed E-state index contributed by atoms with van der Waals surface area (Å²) in [5.41, 5.74) is 3.78. The van der Waals surface area contributed by atoms with Gasteiger partial charge in [-0.25, -0.2) is 14.3 Å². The highest BCUT2D eigenvalue weighted by Gasteiger charge is 2.25. The number of carbonyl (C=O) groups is 1. The van der Waals surface area contributed by atoms with Crippen LogP contribution >= 0.6 is 0 Å². The van der Waals surface area contributed by atoms with Crippen molar-refractivity contribution in [1.82, 2.24) is 29.4 Å². The molecule has 2 aromatic carbocycles. The molecule has 8 nitrogen and oxygen atoms in total. The lowest BCUT2D eigenvalue weighted by Crippen LogP contribution is -2.31. The SMILES string of the molecule is CC(c1ccc(-n2cncn2)cc1)N(C)C(=O)c1cc(-c2ccco2)nn1-c1ccccc1. The molecule has 5 rings (SSSR count). The lowest BCUT2D eigenvalue weighted by Gasteiger charge is -2.25. The van der Waals surface area contributed by atoms with Crippen LogP contribution in [0.25, 0.3) is 22.8 Å². The molecule has 1 unspecified atom stereocenters. The number of hydrogen-bond acceptors (Lipinski definition) is 5. The Morgan fingerprint density at radius 3 is 2.45 bits per heavy atom. The van der Waals surface area contributed by atoms with Crippen molar-refractivity contribution in [3.05, 3.63) is 103 Å². The monoisotopic (exact) mass is 438 g/mol. The standard InChI is InChI=1S/C25H22N6O2/c1-18(19-10-12-20(13-11-19)30-17-26-16-27-30)29(2)25(32)23-15-22(24-9-6-14-33-24)28-31(23)21-7-4-3-5-8-21/h3-18H,1-2H3. The minimum absolute atomic E-state index is 0.142. The topological polar surface area (TPSA) is 82.0 Å². The van der Waals surface area contributed by atoms with Crippen molar-refractivity contribution in [2.75, 3.05) is 7.05 Å². The molecule has 0 fully saturated rings. The Hall–Kier alpha value is -4.46. The normalized spacial score (nSPS) is 11.9. The molecule has 3 aromatic heterocycles. The van der Waals surface area contributed by atoms with Gasteiger partial charge in [0.2, 0.25) is 0 Å². The van der Waals surface area contributed by atoms with E-state index in [4.69, 9.17) is 4.42 Å². The molecule has 0 aliphatic carbocycles. The second kappa shape index (κ2) is 8.58. The number of rotatable bonds is 6. The minimum Gasteiger partial charge on any atom is -0.463 e. The first-order valence-corrected chi connectivity index (χ1v) is 10.5. The van der Waals surface area contributed by atoms with Gasteiger partial charge in [0.1, 0.15) is 24.0 Å². The molecule has 5 aromatic rings. The smallest absolute Gasteiger partial charge is 0.272 e. The third-order valence-corrected chi connectivity index (χ3v) is 5.66. The van der Waals surface area contributed by atoms with Gasteiger partial charge in [0.25, 0.3) is 5.91 Å². The molecule has 0 aliphatic heterocycles. The van der Waals surface area contributed by atoms with Crippen LogP contribution in [0, 0.1) is 0 Å². The van der Waals surface area contributed by atoms with Crippen molar-refractivity contribution >= 4 is 5.91 Å². The Kier molecular flexibility index (Phi) is 5.32. The lowest BCUT2D eigenvalue weighted by atomic mass is 10.1. The van der Waals surface area contributed by atoms with E-state index in [0.717, 1.165) is 16.9 Å². The Labute approximate surface area is 190 Å². The molecule has 3 heterocycles. The molecule has 0 bridgehead atoms. The van der Waals surface area contributed by atoms with Crippen LogP contribution in [-0.4, -0.2) is 42.4 Å². The molecule has 0 saturated heterocycles. The van der Waals surface area contributed by atoms with Gasteiger partial charge < -0.3 is 9.32 Å². The lowest BCUT2D eigenvalue weighted by molar-refractivity contribution is 0.0733. The minimum atomic E-state index is -0.159. The summed E-state index contributed by atoms with van der Waals surface area (Å²) in [5, 5.41) is 8.81. The molecule has 0 aliphatic rings. The number of aromatic nitrogens is 5. The number of amides is 1. The highest BCUT2D eigenvalue weighted by atomic mass is 16.3. The van der Waals surface area contributed by atoms with Gasteiger partial charge >= 0.3 is 0 Å². The average molecular weight is 438 g/mol. The average Bonchev–Trinajstić information content (AvgIpc) is 3.64. The fourth-order valence-corrected chi connectivity index (χ4v) is 3.67. The highest BCUT2D eigenvalue weighted by molar-refractivity contribution is 5.94. The Morgan fingerprint density at radius 2 is 1.79 bits per heavy atom. The largest absolute Gasteiger partial charge is 0.463 e. The third kappa shape index (κ3) is 3.94. The van der Waals surface area contributed by atoms with Gasteiger partial charge in [-0.3, -0.25) is 4.79 Å². The van der Waals surface area contributed by atoms with Crippen LogP contribution in [0.3, 0.4) is 0 Å². The molecule has 1 amide bonds. The molecular weight excluding hydrogens is 416 g/mol. The highest BCUT2D eigenvalue weighted by Crippen LogP contribution is 2.26. The predicted octanol–water partition coefficient (Wildman–Crippen LogP) is 4.55. The summed E-state index contributed by atoms with van der Waals surface area (Å²) >= 11 is 0. The fraction of sp³-hybridized carbons (Fsp3) is 0.120. The van der Waals surface area contributed by atoms with Gasteiger partial charge in [-0.2, -0.15) is 10.2 Å². The van der Waals surface area contributed by atoms with Crippen molar-refractivity contribution in [3.63, 3.8) is 0 Å². The Bertz CT molecular complexity index is 1340. The van der Waals surface area contributed by atoms with Crippen LogP contribution in [0.5, 0.6) is 0 Å². The van der Waals surface area contributed by atoms with Gasteiger partial charge in [-0.05, 0) is 48.9 Å². The second-order valence-corrected chi connectivity index (χ2v) is 7.66. The third-order valence-electron chi connectivity index (χ3n) is 5.66. The molecule has 0 spiro atoms. The Morgan fingerprint density at radius 1 is 1.00 bits per heavy atom. The Balaban J connectivity index is 1.45. The first-order valence-electron chi connectivity index (χ1n) is 10.5. The van der Waals surface area contributed by atoms with Crippen LogP contribution in [0.1, 0.15) is 29.0 Å². The van der Waals surface area contributed by atoms with E-state index < -0.39 is 0 Å². The zero-order chi connectivity index (χ0) is 22.8. The van der Waals surface area contributed by atoms with Gasteiger partial charge in [0.15, 0.2) is 5.76 Å². The summed E-state index contributed by atoms with van der Waals surface area (Å²) in [6, 6.07) is 22.8. The number of benzene rings is 2. The molecule has 0 saturated carbocycles. The number of para-hydroxylation sites is 1. The number of hydrogen-bond donors (Lipinski definition) is 0. The first kappa shape index (κ1) is 20.4. The number of nitrogens with zero attached hydrogens (tertiary/aromatic N) is 6. The van der Waals surface area contributed by atoms with Gasteiger partial charge in [-0.15, -0.1) is 0 Å². The summed E-state index contributed by atoms with van der Waals surface area (Å²) in [6.45, 7) is 2.00. The van der Waals surface area contributed by atoms with E-state index in [-0.39, 0.29) is 11.9 Å². The van der Waals surface area contributed by atoms with Crippen LogP contribution in [0.15, 0.2) is 96.1 Å². The van der Waals surface area contributed by atoms with Crippen molar-refractivity contribution in [2.24, 2.45) is 0 Å². The van der Waals surface area contributed by atoms with E-state index in [1.54, 1.807) is 46.0 Å². The maximum atomic E-state index is 13.6. The maximum absolute atomic E-state index is 13.6. The molecule has 164 valence electrons.